The van der Waals surface area contributed by atoms with Gasteiger partial charge in [-0.2, -0.15) is 0 Å². The average Bonchev–Trinajstić information content (AvgIpc) is 2.33. The van der Waals surface area contributed by atoms with Crippen LogP contribution in [0.15, 0.2) is 29.2 Å². The average molecular weight is 222 g/mol. The number of hydrogen-bond donors (Lipinski definition) is 1. The van der Waals surface area contributed by atoms with Gasteiger partial charge in [-0.1, -0.05) is 6.07 Å². The summed E-state index contributed by atoms with van der Waals surface area (Å²) < 4.78 is 7.10. The van der Waals surface area contributed by atoms with Crippen LogP contribution in [-0.2, 0) is 11.3 Å². The molecule has 1 fully saturated rings. The van der Waals surface area contributed by atoms with E-state index in [1.54, 1.807) is 16.7 Å². The van der Waals surface area contributed by atoms with Crippen molar-refractivity contribution >= 4 is 0 Å². The molecule has 1 unspecified atom stereocenters. The Morgan fingerprint density at radius 2 is 2.44 bits per heavy atom. The van der Waals surface area contributed by atoms with E-state index in [0.717, 1.165) is 32.7 Å². The van der Waals surface area contributed by atoms with E-state index in [9.17, 15) is 4.79 Å². The molecule has 16 heavy (non-hydrogen) atoms. The van der Waals surface area contributed by atoms with Crippen molar-refractivity contribution in [2.24, 2.45) is 0 Å². The first-order chi connectivity index (χ1) is 7.86. The van der Waals surface area contributed by atoms with Crippen LogP contribution < -0.4 is 10.9 Å². The Balaban J connectivity index is 1.75. The molecule has 2 rings (SSSR count). The van der Waals surface area contributed by atoms with Gasteiger partial charge in [0.05, 0.1) is 6.61 Å². The summed E-state index contributed by atoms with van der Waals surface area (Å²) in [6.07, 6.45) is 4.12. The van der Waals surface area contributed by atoms with Crippen molar-refractivity contribution in [2.45, 2.75) is 25.4 Å². The molecule has 1 N–H and O–H groups in total. The minimum Gasteiger partial charge on any atom is -0.380 e. The van der Waals surface area contributed by atoms with Crippen molar-refractivity contribution in [1.29, 1.82) is 0 Å². The molecule has 0 aliphatic carbocycles. The molecule has 1 aliphatic heterocycles. The van der Waals surface area contributed by atoms with Gasteiger partial charge >= 0.3 is 0 Å². The molecule has 0 spiro atoms. The maximum Gasteiger partial charge on any atom is 0.250 e. The molecule has 0 amide bonds. The third kappa shape index (κ3) is 3.18. The van der Waals surface area contributed by atoms with Gasteiger partial charge < -0.3 is 14.6 Å². The van der Waals surface area contributed by atoms with E-state index in [0.29, 0.717) is 6.04 Å². The van der Waals surface area contributed by atoms with Gasteiger partial charge in [0.25, 0.3) is 5.56 Å². The van der Waals surface area contributed by atoms with Gasteiger partial charge in [-0.05, 0) is 18.9 Å². The molecule has 4 nitrogen and oxygen atoms in total. The summed E-state index contributed by atoms with van der Waals surface area (Å²) in [5.41, 5.74) is 0.0594. The Morgan fingerprint density at radius 3 is 3.19 bits per heavy atom. The second kappa shape index (κ2) is 5.82. The van der Waals surface area contributed by atoms with Crippen LogP contribution >= 0.6 is 0 Å². The molecule has 1 aromatic rings. The quantitative estimate of drug-likeness (QED) is 0.812. The van der Waals surface area contributed by atoms with Crippen molar-refractivity contribution in [2.75, 3.05) is 19.8 Å². The van der Waals surface area contributed by atoms with Gasteiger partial charge in [0.1, 0.15) is 0 Å². The van der Waals surface area contributed by atoms with Crippen molar-refractivity contribution < 1.29 is 4.74 Å². The molecule has 2 heterocycles. The molecular weight excluding hydrogens is 204 g/mol. The van der Waals surface area contributed by atoms with E-state index < -0.39 is 0 Å². The number of ether oxygens (including phenoxy) is 1. The number of nitrogens with zero attached hydrogens (tertiary/aromatic N) is 1. The molecule has 1 saturated heterocycles. The minimum atomic E-state index is 0.0594. The zero-order chi connectivity index (χ0) is 11.2. The lowest BCUT2D eigenvalue weighted by molar-refractivity contribution is 0.0703. The van der Waals surface area contributed by atoms with Crippen molar-refractivity contribution in [3.8, 4) is 0 Å². The van der Waals surface area contributed by atoms with Gasteiger partial charge in [-0.15, -0.1) is 0 Å². The second-order valence-corrected chi connectivity index (χ2v) is 4.10. The van der Waals surface area contributed by atoms with Crippen LogP contribution in [0.1, 0.15) is 12.8 Å². The Bertz CT molecular complexity index is 369. The summed E-state index contributed by atoms with van der Waals surface area (Å²) in [5.74, 6) is 0. The van der Waals surface area contributed by atoms with Gasteiger partial charge in [-0.3, -0.25) is 4.79 Å². The summed E-state index contributed by atoms with van der Waals surface area (Å²) in [6, 6.07) is 5.68. The highest BCUT2D eigenvalue weighted by Crippen LogP contribution is 2.04. The summed E-state index contributed by atoms with van der Waals surface area (Å²) in [5, 5.41) is 3.41. The van der Waals surface area contributed by atoms with Crippen LogP contribution in [-0.4, -0.2) is 30.4 Å². The highest BCUT2D eigenvalue weighted by Gasteiger charge is 2.12. The van der Waals surface area contributed by atoms with Crippen LogP contribution in [0.3, 0.4) is 0 Å². The predicted octanol–water partition coefficient (Wildman–Crippen LogP) is 0.617. The van der Waals surface area contributed by atoms with Crippen LogP contribution in [0.25, 0.3) is 0 Å². The maximum absolute atomic E-state index is 11.4. The Labute approximate surface area is 95.2 Å². The zero-order valence-corrected chi connectivity index (χ0v) is 9.39. The third-order valence-corrected chi connectivity index (χ3v) is 2.85. The Hall–Kier alpha value is -1.13. The normalized spacial score (nSPS) is 20.9. The van der Waals surface area contributed by atoms with Crippen molar-refractivity contribution in [3.05, 3.63) is 34.7 Å². The maximum atomic E-state index is 11.4. The molecule has 88 valence electrons. The van der Waals surface area contributed by atoms with Gasteiger partial charge in [-0.25, -0.2) is 0 Å². The fourth-order valence-electron chi connectivity index (χ4n) is 1.94. The molecule has 0 aromatic carbocycles. The Kier molecular flexibility index (Phi) is 4.13. The van der Waals surface area contributed by atoms with Crippen LogP contribution in [0.2, 0.25) is 0 Å². The van der Waals surface area contributed by atoms with E-state index >= 15 is 0 Å². The van der Waals surface area contributed by atoms with E-state index in [-0.39, 0.29) is 5.56 Å². The highest BCUT2D eigenvalue weighted by atomic mass is 16.5. The van der Waals surface area contributed by atoms with Crippen LogP contribution in [0.4, 0.5) is 0 Å². The lowest BCUT2D eigenvalue weighted by atomic mass is 10.1. The first-order valence-corrected chi connectivity index (χ1v) is 5.83. The number of aromatic nitrogens is 1. The van der Waals surface area contributed by atoms with Gasteiger partial charge in [0.15, 0.2) is 0 Å². The predicted molar refractivity (Wildman–Crippen MR) is 62.5 cm³/mol. The number of nitrogens with one attached hydrogen (secondary N) is 1. The summed E-state index contributed by atoms with van der Waals surface area (Å²) >= 11 is 0. The largest absolute Gasteiger partial charge is 0.380 e. The smallest absolute Gasteiger partial charge is 0.250 e. The molecule has 1 aliphatic rings. The molecule has 0 saturated carbocycles. The van der Waals surface area contributed by atoms with E-state index in [1.807, 2.05) is 12.3 Å². The summed E-state index contributed by atoms with van der Waals surface area (Å²) in [7, 11) is 0. The van der Waals surface area contributed by atoms with Crippen molar-refractivity contribution in [1.82, 2.24) is 9.88 Å². The molecule has 0 bridgehead atoms. The minimum absolute atomic E-state index is 0.0594. The molecule has 1 atom stereocenters. The van der Waals surface area contributed by atoms with Crippen LogP contribution in [0.5, 0.6) is 0 Å². The molecule has 4 heteroatoms. The van der Waals surface area contributed by atoms with E-state index in [4.69, 9.17) is 4.74 Å². The zero-order valence-electron chi connectivity index (χ0n) is 9.39. The highest BCUT2D eigenvalue weighted by molar-refractivity contribution is 4.93. The summed E-state index contributed by atoms with van der Waals surface area (Å²) in [6.45, 7) is 3.22. The fraction of sp³-hybridized carbons (Fsp3) is 0.583. The van der Waals surface area contributed by atoms with Gasteiger partial charge in [0, 0.05) is 38.0 Å². The standard InChI is InChI=1S/C12H18N2O2/c15-12-5-1-2-7-14(12)8-6-13-11-4-3-9-16-10-11/h1-2,5,7,11,13H,3-4,6,8-10H2. The van der Waals surface area contributed by atoms with E-state index in [2.05, 4.69) is 5.32 Å². The van der Waals surface area contributed by atoms with Crippen molar-refractivity contribution in [3.63, 3.8) is 0 Å². The third-order valence-electron chi connectivity index (χ3n) is 2.85. The monoisotopic (exact) mass is 222 g/mol. The SMILES string of the molecule is O=c1ccccn1CCNC1CCCOC1. The molecular formula is C12H18N2O2. The first kappa shape index (κ1) is 11.4. The molecule has 0 radical (unpaired) electrons. The summed E-state index contributed by atoms with van der Waals surface area (Å²) in [4.78, 5) is 11.4. The van der Waals surface area contributed by atoms with Crippen LogP contribution in [0, 0.1) is 0 Å². The number of rotatable bonds is 4. The second-order valence-electron chi connectivity index (χ2n) is 4.10. The van der Waals surface area contributed by atoms with Gasteiger partial charge in [0.2, 0.25) is 0 Å². The number of hydrogen-bond acceptors (Lipinski definition) is 3. The Morgan fingerprint density at radius 1 is 1.50 bits per heavy atom. The fourth-order valence-corrected chi connectivity index (χ4v) is 1.94. The first-order valence-electron chi connectivity index (χ1n) is 5.83. The molecule has 1 aromatic heterocycles. The lowest BCUT2D eigenvalue weighted by Gasteiger charge is -2.23. The lowest BCUT2D eigenvalue weighted by Crippen LogP contribution is -2.39. The number of pyridine rings is 1. The topological polar surface area (TPSA) is 43.3 Å². The van der Waals surface area contributed by atoms with E-state index in [1.165, 1.54) is 6.42 Å².